The molecule has 2 bridgehead atoms. The lowest BCUT2D eigenvalue weighted by Gasteiger charge is -2.37. The van der Waals surface area contributed by atoms with Crippen LogP contribution in [-0.2, 0) is 6.54 Å². The van der Waals surface area contributed by atoms with Gasteiger partial charge in [0.1, 0.15) is 5.82 Å². The normalized spacial score (nSPS) is 32.0. The fourth-order valence-corrected chi connectivity index (χ4v) is 4.46. The minimum atomic E-state index is -0.125. The van der Waals surface area contributed by atoms with Gasteiger partial charge in [0.2, 0.25) is 0 Å². The van der Waals surface area contributed by atoms with Gasteiger partial charge in [-0.3, -0.25) is 4.90 Å². The molecule has 1 saturated carbocycles. The van der Waals surface area contributed by atoms with Crippen LogP contribution in [0.4, 0.5) is 4.39 Å². The van der Waals surface area contributed by atoms with Gasteiger partial charge in [0.15, 0.2) is 0 Å². The molecular weight excluding hydrogens is 275 g/mol. The minimum Gasteiger partial charge on any atom is -0.300 e. The Kier molecular flexibility index (Phi) is 4.01. The van der Waals surface area contributed by atoms with Gasteiger partial charge in [-0.25, -0.2) is 4.39 Å². The minimum absolute atomic E-state index is 0.125. The van der Waals surface area contributed by atoms with Crippen LogP contribution >= 0.6 is 0 Å². The summed E-state index contributed by atoms with van der Waals surface area (Å²) >= 11 is 0. The van der Waals surface area contributed by atoms with Crippen LogP contribution in [-0.4, -0.2) is 42.5 Å². The molecule has 2 aliphatic carbocycles. The zero-order valence-corrected chi connectivity index (χ0v) is 13.1. The topological polar surface area (TPSA) is 6.48 Å². The Hall–Kier alpha value is -1.19. The molecule has 1 heterocycles. The van der Waals surface area contributed by atoms with Crippen molar-refractivity contribution in [1.29, 1.82) is 0 Å². The number of fused-ring (bicyclic) bond motifs is 2. The monoisotopic (exact) mass is 300 g/mol. The van der Waals surface area contributed by atoms with Gasteiger partial charge in [-0.2, -0.15) is 0 Å². The third kappa shape index (κ3) is 3.11. The fraction of sp³-hybridized carbons (Fsp3) is 0.579. The van der Waals surface area contributed by atoms with Crippen molar-refractivity contribution < 1.29 is 4.39 Å². The average Bonchev–Trinajstić information content (AvgIpc) is 3.12. The number of halogens is 1. The number of piperazine rings is 1. The zero-order valence-electron chi connectivity index (χ0n) is 13.1. The summed E-state index contributed by atoms with van der Waals surface area (Å²) in [6.45, 7) is 6.68. The molecular formula is C19H25FN2. The lowest BCUT2D eigenvalue weighted by Crippen LogP contribution is -2.47. The van der Waals surface area contributed by atoms with E-state index in [0.717, 1.165) is 56.0 Å². The van der Waals surface area contributed by atoms with Crippen molar-refractivity contribution in [1.82, 2.24) is 9.80 Å². The van der Waals surface area contributed by atoms with E-state index in [-0.39, 0.29) is 5.82 Å². The molecule has 1 aliphatic heterocycles. The van der Waals surface area contributed by atoms with E-state index in [1.54, 1.807) is 6.07 Å². The Bertz CT molecular complexity index is 548. The SMILES string of the molecule is Fc1cccc(CN2CCN(C[C@H]3C[C@@H]4C=C[C@H]3C4)CC2)c1. The van der Waals surface area contributed by atoms with E-state index in [9.17, 15) is 4.39 Å². The summed E-state index contributed by atoms with van der Waals surface area (Å²) in [5, 5.41) is 0. The van der Waals surface area contributed by atoms with Crippen molar-refractivity contribution in [2.45, 2.75) is 19.4 Å². The number of allylic oxidation sites excluding steroid dienone is 2. The standard InChI is InChI=1S/C19H25FN2/c20-19-3-1-2-16(12-19)13-21-6-8-22(9-7-21)14-18-11-15-4-5-17(18)10-15/h1-5,12,15,17-18H,6-11,13-14H2/t15-,17+,18-/m1/s1. The average molecular weight is 300 g/mol. The number of hydrogen-bond donors (Lipinski definition) is 0. The van der Waals surface area contributed by atoms with Gasteiger partial charge in [0.05, 0.1) is 0 Å². The van der Waals surface area contributed by atoms with E-state index >= 15 is 0 Å². The number of benzene rings is 1. The lowest BCUT2D eigenvalue weighted by molar-refractivity contribution is 0.108. The highest BCUT2D eigenvalue weighted by atomic mass is 19.1. The van der Waals surface area contributed by atoms with Crippen molar-refractivity contribution in [2.24, 2.45) is 17.8 Å². The maximum Gasteiger partial charge on any atom is 0.123 e. The Balaban J connectivity index is 1.25. The highest BCUT2D eigenvalue weighted by molar-refractivity contribution is 5.16. The zero-order chi connectivity index (χ0) is 14.9. The second-order valence-electron chi connectivity index (χ2n) is 7.25. The summed E-state index contributed by atoms with van der Waals surface area (Å²) in [7, 11) is 0. The van der Waals surface area contributed by atoms with Crippen molar-refractivity contribution in [3.63, 3.8) is 0 Å². The van der Waals surface area contributed by atoms with E-state index in [1.165, 1.54) is 25.5 Å². The quantitative estimate of drug-likeness (QED) is 0.788. The van der Waals surface area contributed by atoms with Gasteiger partial charge in [-0.1, -0.05) is 24.3 Å². The van der Waals surface area contributed by atoms with E-state index in [0.29, 0.717) is 0 Å². The van der Waals surface area contributed by atoms with Crippen LogP contribution in [0.1, 0.15) is 18.4 Å². The predicted molar refractivity (Wildman–Crippen MR) is 87.0 cm³/mol. The van der Waals surface area contributed by atoms with Crippen LogP contribution in [0.15, 0.2) is 36.4 Å². The fourth-order valence-electron chi connectivity index (χ4n) is 4.46. The summed E-state index contributed by atoms with van der Waals surface area (Å²) in [6, 6.07) is 7.01. The molecule has 3 aliphatic rings. The van der Waals surface area contributed by atoms with Crippen LogP contribution in [0.2, 0.25) is 0 Å². The van der Waals surface area contributed by atoms with Crippen molar-refractivity contribution in [3.05, 3.63) is 47.8 Å². The second-order valence-corrected chi connectivity index (χ2v) is 7.25. The molecule has 2 nitrogen and oxygen atoms in total. The molecule has 4 rings (SSSR count). The maximum absolute atomic E-state index is 13.3. The predicted octanol–water partition coefficient (Wildman–Crippen LogP) is 3.16. The van der Waals surface area contributed by atoms with Crippen LogP contribution in [0.25, 0.3) is 0 Å². The molecule has 0 amide bonds. The molecule has 1 aromatic carbocycles. The van der Waals surface area contributed by atoms with E-state index < -0.39 is 0 Å². The molecule has 2 fully saturated rings. The largest absolute Gasteiger partial charge is 0.300 e. The molecule has 0 aromatic heterocycles. The first-order valence-corrected chi connectivity index (χ1v) is 8.64. The van der Waals surface area contributed by atoms with Crippen molar-refractivity contribution >= 4 is 0 Å². The smallest absolute Gasteiger partial charge is 0.123 e. The molecule has 3 heteroatoms. The Labute approximate surface area is 132 Å². The Morgan fingerprint density at radius 1 is 1.00 bits per heavy atom. The molecule has 0 unspecified atom stereocenters. The lowest BCUT2D eigenvalue weighted by atomic mass is 9.93. The first kappa shape index (κ1) is 14.4. The highest BCUT2D eigenvalue weighted by Crippen LogP contribution is 2.43. The van der Waals surface area contributed by atoms with E-state index in [4.69, 9.17) is 0 Å². The summed E-state index contributed by atoms with van der Waals surface area (Å²) < 4.78 is 13.3. The molecule has 0 N–H and O–H groups in total. The number of hydrogen-bond acceptors (Lipinski definition) is 2. The maximum atomic E-state index is 13.3. The molecule has 22 heavy (non-hydrogen) atoms. The van der Waals surface area contributed by atoms with Crippen LogP contribution in [0, 0.1) is 23.6 Å². The van der Waals surface area contributed by atoms with Crippen LogP contribution < -0.4 is 0 Å². The molecule has 118 valence electrons. The van der Waals surface area contributed by atoms with Gasteiger partial charge in [-0.15, -0.1) is 0 Å². The van der Waals surface area contributed by atoms with Gasteiger partial charge < -0.3 is 4.90 Å². The van der Waals surface area contributed by atoms with Gasteiger partial charge in [0, 0.05) is 39.3 Å². The van der Waals surface area contributed by atoms with Crippen molar-refractivity contribution in [2.75, 3.05) is 32.7 Å². The number of nitrogens with zero attached hydrogens (tertiary/aromatic N) is 2. The molecule has 1 saturated heterocycles. The Morgan fingerprint density at radius 3 is 2.50 bits per heavy atom. The first-order valence-electron chi connectivity index (χ1n) is 8.64. The molecule has 3 atom stereocenters. The van der Waals surface area contributed by atoms with Gasteiger partial charge in [0.25, 0.3) is 0 Å². The third-order valence-corrected chi connectivity index (χ3v) is 5.67. The summed E-state index contributed by atoms with van der Waals surface area (Å²) in [6.07, 6.45) is 7.70. The van der Waals surface area contributed by atoms with Crippen LogP contribution in [0.3, 0.4) is 0 Å². The van der Waals surface area contributed by atoms with Crippen molar-refractivity contribution in [3.8, 4) is 0 Å². The summed E-state index contributed by atoms with van der Waals surface area (Å²) in [5.74, 6) is 2.50. The van der Waals surface area contributed by atoms with Crippen LogP contribution in [0.5, 0.6) is 0 Å². The number of rotatable bonds is 4. The summed E-state index contributed by atoms with van der Waals surface area (Å²) in [4.78, 5) is 5.09. The van der Waals surface area contributed by atoms with Gasteiger partial charge >= 0.3 is 0 Å². The highest BCUT2D eigenvalue weighted by Gasteiger charge is 2.36. The first-order chi connectivity index (χ1) is 10.8. The second kappa shape index (κ2) is 6.13. The summed E-state index contributed by atoms with van der Waals surface area (Å²) in [5.41, 5.74) is 1.09. The van der Waals surface area contributed by atoms with Gasteiger partial charge in [-0.05, 0) is 48.3 Å². The Morgan fingerprint density at radius 2 is 1.82 bits per heavy atom. The van der Waals surface area contributed by atoms with E-state index in [1.807, 2.05) is 12.1 Å². The molecule has 1 aromatic rings. The third-order valence-electron chi connectivity index (χ3n) is 5.67. The molecule has 0 spiro atoms. The van der Waals surface area contributed by atoms with E-state index in [2.05, 4.69) is 22.0 Å². The molecule has 0 radical (unpaired) electrons.